The molecular weight excluding hydrogens is 358 g/mol. The Bertz CT molecular complexity index is 906. The van der Waals surface area contributed by atoms with Crippen LogP contribution in [0.25, 0.3) is 11.0 Å². The number of nitrogens with two attached hydrogens (primary N) is 1. The Labute approximate surface area is 163 Å². The van der Waals surface area contributed by atoms with Crippen LogP contribution in [-0.4, -0.2) is 30.0 Å². The number of benzene rings is 1. The molecule has 2 heterocycles. The summed E-state index contributed by atoms with van der Waals surface area (Å²) in [6, 6.07) is 12.6. The molecule has 1 aromatic carbocycles. The van der Waals surface area contributed by atoms with Crippen LogP contribution in [0, 0.1) is 0 Å². The van der Waals surface area contributed by atoms with Gasteiger partial charge in [0.05, 0.1) is 13.0 Å². The van der Waals surface area contributed by atoms with Crippen molar-refractivity contribution in [2.24, 2.45) is 0 Å². The number of carbonyl (C=O) groups is 2. The topological polar surface area (TPSA) is 107 Å². The van der Waals surface area contributed by atoms with Gasteiger partial charge in [0.15, 0.2) is 0 Å². The summed E-state index contributed by atoms with van der Waals surface area (Å²) in [6.07, 6.45) is 2.44. The SMILES string of the molecule is CCNC(=O)c1ccc2oc(CCC(=O)OCC)cc2c1.Nc1ccccn1. The predicted molar refractivity (Wildman–Crippen MR) is 108 cm³/mol. The molecule has 3 N–H and O–H groups in total. The van der Waals surface area contributed by atoms with Gasteiger partial charge in [-0.3, -0.25) is 9.59 Å². The molecule has 0 bridgehead atoms. The van der Waals surface area contributed by atoms with Crippen molar-refractivity contribution >= 4 is 28.7 Å². The summed E-state index contributed by atoms with van der Waals surface area (Å²) in [7, 11) is 0. The molecule has 0 radical (unpaired) electrons. The maximum absolute atomic E-state index is 11.8. The number of ether oxygens (including phenoxy) is 1. The highest BCUT2D eigenvalue weighted by Gasteiger charge is 2.10. The maximum Gasteiger partial charge on any atom is 0.306 e. The van der Waals surface area contributed by atoms with Crippen molar-refractivity contribution < 1.29 is 18.7 Å². The number of rotatable bonds is 6. The van der Waals surface area contributed by atoms with Gasteiger partial charge in [-0.2, -0.15) is 0 Å². The smallest absolute Gasteiger partial charge is 0.306 e. The van der Waals surface area contributed by atoms with E-state index in [9.17, 15) is 9.59 Å². The number of hydrogen-bond acceptors (Lipinski definition) is 6. The number of aryl methyl sites for hydroxylation is 1. The van der Waals surface area contributed by atoms with Crippen LogP contribution in [0.3, 0.4) is 0 Å². The van der Waals surface area contributed by atoms with E-state index in [-0.39, 0.29) is 18.3 Å². The van der Waals surface area contributed by atoms with Crippen LogP contribution >= 0.6 is 0 Å². The Morgan fingerprint density at radius 3 is 2.61 bits per heavy atom. The third kappa shape index (κ3) is 6.42. The third-order valence-corrected chi connectivity index (χ3v) is 3.74. The van der Waals surface area contributed by atoms with Crippen LogP contribution in [0.4, 0.5) is 5.82 Å². The second kappa shape index (κ2) is 10.7. The second-order valence-corrected chi connectivity index (χ2v) is 5.88. The fourth-order valence-corrected chi connectivity index (χ4v) is 2.46. The van der Waals surface area contributed by atoms with E-state index >= 15 is 0 Å². The normalized spacial score (nSPS) is 10.1. The fourth-order valence-electron chi connectivity index (χ4n) is 2.46. The van der Waals surface area contributed by atoms with E-state index in [4.69, 9.17) is 14.9 Å². The number of amides is 1. The van der Waals surface area contributed by atoms with Crippen LogP contribution in [0.5, 0.6) is 0 Å². The summed E-state index contributed by atoms with van der Waals surface area (Å²) in [5, 5.41) is 3.62. The molecule has 0 aliphatic heterocycles. The lowest BCUT2D eigenvalue weighted by atomic mass is 10.1. The summed E-state index contributed by atoms with van der Waals surface area (Å²) >= 11 is 0. The quantitative estimate of drug-likeness (QED) is 0.632. The number of furan rings is 1. The van der Waals surface area contributed by atoms with Crippen LogP contribution < -0.4 is 11.1 Å². The lowest BCUT2D eigenvalue weighted by Crippen LogP contribution is -2.22. The van der Waals surface area contributed by atoms with Crippen LogP contribution in [-0.2, 0) is 16.0 Å². The van der Waals surface area contributed by atoms with Gasteiger partial charge >= 0.3 is 5.97 Å². The first-order valence-electron chi connectivity index (χ1n) is 9.16. The minimum atomic E-state index is -0.235. The first kappa shape index (κ1) is 21.0. The molecule has 0 atom stereocenters. The molecular formula is C21H25N3O4. The van der Waals surface area contributed by atoms with Gasteiger partial charge in [-0.1, -0.05) is 6.07 Å². The number of hydrogen-bond donors (Lipinski definition) is 2. The summed E-state index contributed by atoms with van der Waals surface area (Å²) in [5.41, 5.74) is 6.56. The van der Waals surface area contributed by atoms with Gasteiger partial charge in [0.1, 0.15) is 17.2 Å². The van der Waals surface area contributed by atoms with Gasteiger partial charge < -0.3 is 20.2 Å². The molecule has 148 valence electrons. The largest absolute Gasteiger partial charge is 0.466 e. The predicted octanol–water partition coefficient (Wildman–Crippen LogP) is 3.34. The minimum absolute atomic E-state index is 0.103. The summed E-state index contributed by atoms with van der Waals surface area (Å²) in [5.74, 6) is 0.947. The van der Waals surface area contributed by atoms with Crippen molar-refractivity contribution in [1.29, 1.82) is 0 Å². The molecule has 0 unspecified atom stereocenters. The van der Waals surface area contributed by atoms with Crippen molar-refractivity contribution in [2.45, 2.75) is 26.7 Å². The van der Waals surface area contributed by atoms with Crippen molar-refractivity contribution in [3.05, 3.63) is 60.0 Å². The maximum atomic E-state index is 11.8. The first-order valence-corrected chi connectivity index (χ1v) is 9.16. The molecule has 2 aromatic heterocycles. The third-order valence-electron chi connectivity index (χ3n) is 3.74. The number of nitrogens with one attached hydrogen (secondary N) is 1. The molecule has 0 aliphatic rings. The molecule has 0 saturated carbocycles. The number of aromatic nitrogens is 1. The van der Waals surface area contributed by atoms with Gasteiger partial charge in [-0.15, -0.1) is 0 Å². The van der Waals surface area contributed by atoms with E-state index in [1.807, 2.05) is 25.1 Å². The zero-order chi connectivity index (χ0) is 20.4. The van der Waals surface area contributed by atoms with Gasteiger partial charge in [0.2, 0.25) is 0 Å². The Hall–Kier alpha value is -3.35. The summed E-state index contributed by atoms with van der Waals surface area (Å²) in [4.78, 5) is 26.9. The first-order chi connectivity index (χ1) is 13.5. The monoisotopic (exact) mass is 383 g/mol. The molecule has 0 spiro atoms. The van der Waals surface area contributed by atoms with E-state index in [1.165, 1.54) is 0 Å². The van der Waals surface area contributed by atoms with Gasteiger partial charge in [-0.05, 0) is 50.2 Å². The van der Waals surface area contributed by atoms with Crippen LogP contribution in [0.15, 0.2) is 53.1 Å². The van der Waals surface area contributed by atoms with E-state index < -0.39 is 0 Å². The number of esters is 1. The van der Waals surface area contributed by atoms with Crippen molar-refractivity contribution in [3.8, 4) is 0 Å². The number of pyridine rings is 1. The van der Waals surface area contributed by atoms with Crippen molar-refractivity contribution in [2.75, 3.05) is 18.9 Å². The average Bonchev–Trinajstić information content (AvgIpc) is 3.10. The molecule has 7 heteroatoms. The Kier molecular flexibility index (Phi) is 8.02. The minimum Gasteiger partial charge on any atom is -0.466 e. The Morgan fingerprint density at radius 2 is 2.00 bits per heavy atom. The van der Waals surface area contributed by atoms with Gasteiger partial charge in [0, 0.05) is 30.1 Å². The number of nitrogens with zero attached hydrogens (tertiary/aromatic N) is 1. The number of fused-ring (bicyclic) bond motifs is 1. The van der Waals surface area contributed by atoms with E-state index in [0.29, 0.717) is 42.3 Å². The lowest BCUT2D eigenvalue weighted by Gasteiger charge is -2.01. The summed E-state index contributed by atoms with van der Waals surface area (Å²) < 4.78 is 10.5. The van der Waals surface area contributed by atoms with Gasteiger partial charge in [-0.25, -0.2) is 4.98 Å². The lowest BCUT2D eigenvalue weighted by molar-refractivity contribution is -0.143. The standard InChI is InChI=1S/C16H19NO4.C5H6N2/c1-3-17-16(19)11-5-7-14-12(9-11)10-13(21-14)6-8-15(18)20-4-2;6-5-3-1-2-4-7-5/h5,7,9-10H,3-4,6,8H2,1-2H3,(H,17,19);1-4H,(H2,6,7). The number of anilines is 1. The number of carbonyl (C=O) groups excluding carboxylic acids is 2. The molecule has 0 fully saturated rings. The highest BCUT2D eigenvalue weighted by atomic mass is 16.5. The van der Waals surface area contributed by atoms with E-state index in [2.05, 4.69) is 10.3 Å². The fraction of sp³-hybridized carbons (Fsp3) is 0.286. The van der Waals surface area contributed by atoms with E-state index in [0.717, 1.165) is 5.39 Å². The van der Waals surface area contributed by atoms with Crippen LogP contribution in [0.1, 0.15) is 36.4 Å². The number of nitrogen functional groups attached to an aromatic ring is 1. The molecule has 1 amide bonds. The molecule has 3 rings (SSSR count). The van der Waals surface area contributed by atoms with Gasteiger partial charge in [0.25, 0.3) is 5.91 Å². The molecule has 0 saturated heterocycles. The average molecular weight is 383 g/mol. The molecule has 28 heavy (non-hydrogen) atoms. The second-order valence-electron chi connectivity index (χ2n) is 5.88. The highest BCUT2D eigenvalue weighted by Crippen LogP contribution is 2.22. The van der Waals surface area contributed by atoms with Crippen molar-refractivity contribution in [3.63, 3.8) is 0 Å². The molecule has 0 aliphatic carbocycles. The zero-order valence-electron chi connectivity index (χ0n) is 16.1. The Morgan fingerprint density at radius 1 is 1.18 bits per heavy atom. The van der Waals surface area contributed by atoms with Crippen molar-refractivity contribution in [1.82, 2.24) is 10.3 Å². The zero-order valence-corrected chi connectivity index (χ0v) is 16.1. The molecule has 3 aromatic rings. The summed E-state index contributed by atoms with van der Waals surface area (Å²) in [6.45, 7) is 4.63. The van der Waals surface area contributed by atoms with Crippen LogP contribution in [0.2, 0.25) is 0 Å². The Balaban J connectivity index is 0.000000336. The highest BCUT2D eigenvalue weighted by molar-refractivity contribution is 5.97. The molecule has 7 nitrogen and oxygen atoms in total. The van der Waals surface area contributed by atoms with E-state index in [1.54, 1.807) is 37.4 Å².